The smallest absolute Gasteiger partial charge is 0.407 e. The van der Waals surface area contributed by atoms with Crippen molar-refractivity contribution < 1.29 is 28.7 Å². The molecule has 3 aromatic heterocycles. The number of amides is 4. The number of methoxy groups -OCH3 is 2. The summed E-state index contributed by atoms with van der Waals surface area (Å²) in [6.07, 6.45) is 5.76. The Balaban J connectivity index is 0.00000194. The van der Waals surface area contributed by atoms with Crippen LogP contribution in [0.5, 0.6) is 0 Å². The molecule has 15 nitrogen and oxygen atoms in total. The highest BCUT2D eigenvalue weighted by Crippen LogP contribution is 2.33. The second kappa shape index (κ2) is 19.6. The molecule has 15 heteroatoms. The molecular weight excluding hydrogens is 715 g/mol. The number of alkyl carbamates (subject to hydrolysis) is 2. The molecular formula is C41H53N9O6. The lowest BCUT2D eigenvalue weighted by Gasteiger charge is -2.29. The van der Waals surface area contributed by atoms with E-state index in [1.807, 2.05) is 38.2 Å². The van der Waals surface area contributed by atoms with Crippen LogP contribution in [0, 0.1) is 5.92 Å². The van der Waals surface area contributed by atoms with Crippen molar-refractivity contribution in [2.45, 2.75) is 78.3 Å². The van der Waals surface area contributed by atoms with Crippen LogP contribution in [0.1, 0.15) is 77.5 Å². The number of aryl methyl sites for hydroxylation is 1. The summed E-state index contributed by atoms with van der Waals surface area (Å²) >= 11 is 0. The molecule has 6 rings (SSSR count). The van der Waals surface area contributed by atoms with Crippen LogP contribution in [0.2, 0.25) is 0 Å². The van der Waals surface area contributed by atoms with Gasteiger partial charge in [-0.15, -0.1) is 0 Å². The van der Waals surface area contributed by atoms with Gasteiger partial charge in [-0.25, -0.2) is 24.5 Å². The van der Waals surface area contributed by atoms with Crippen molar-refractivity contribution in [1.29, 1.82) is 0 Å². The van der Waals surface area contributed by atoms with Crippen LogP contribution < -0.4 is 16.0 Å². The zero-order valence-corrected chi connectivity index (χ0v) is 33.0. The maximum atomic E-state index is 13.6. The summed E-state index contributed by atoms with van der Waals surface area (Å²) in [6.45, 7) is 9.01. The van der Waals surface area contributed by atoms with Gasteiger partial charge in [-0.2, -0.15) is 0 Å². The summed E-state index contributed by atoms with van der Waals surface area (Å²) in [5.74, 6) is 1.02. The van der Waals surface area contributed by atoms with E-state index >= 15 is 0 Å². The molecule has 0 aliphatic carbocycles. The van der Waals surface area contributed by atoms with Crippen molar-refractivity contribution in [3.05, 3.63) is 66.4 Å². The quantitative estimate of drug-likeness (QED) is 0.0840. The predicted octanol–water partition coefficient (Wildman–Crippen LogP) is 6.42. The fraction of sp³-hybridized carbons (Fsp3) is 0.439. The molecule has 0 radical (unpaired) electrons. The van der Waals surface area contributed by atoms with Crippen molar-refractivity contribution in [2.24, 2.45) is 5.92 Å². The van der Waals surface area contributed by atoms with Crippen molar-refractivity contribution in [2.75, 3.05) is 33.9 Å². The zero-order chi connectivity index (χ0) is 40.2. The number of nitrogens with zero attached hydrogens (tertiary/aromatic N) is 4. The number of pyridine rings is 1. The Labute approximate surface area is 326 Å². The summed E-state index contributed by atoms with van der Waals surface area (Å²) in [5, 5.41) is 9.96. The normalized spacial score (nSPS) is 14.3. The van der Waals surface area contributed by atoms with Gasteiger partial charge >= 0.3 is 12.2 Å². The molecule has 2 unspecified atom stereocenters. The summed E-state index contributed by atoms with van der Waals surface area (Å²) in [5.41, 5.74) is 5.07. The van der Waals surface area contributed by atoms with E-state index in [9.17, 15) is 19.2 Å². The molecule has 0 bridgehead atoms. The molecule has 4 heterocycles. The molecule has 4 amide bonds. The van der Waals surface area contributed by atoms with Crippen LogP contribution in [0.15, 0.2) is 54.7 Å². The number of carbonyl (C=O) groups excluding carboxylic acids is 4. The fourth-order valence-electron chi connectivity index (χ4n) is 6.56. The third kappa shape index (κ3) is 10.4. The minimum Gasteiger partial charge on any atom is -0.453 e. The number of benzene rings is 2. The molecule has 1 saturated heterocycles. The third-order valence-corrected chi connectivity index (χ3v) is 9.42. The first-order valence-corrected chi connectivity index (χ1v) is 19.2. The predicted molar refractivity (Wildman–Crippen MR) is 215 cm³/mol. The Bertz CT molecular complexity index is 2130. The number of likely N-dealkylation sites (tertiary alicyclic amines) is 1. The summed E-state index contributed by atoms with van der Waals surface area (Å²) in [4.78, 5) is 71.3. The highest BCUT2D eigenvalue weighted by Gasteiger charge is 2.37. The molecule has 2 aromatic carbocycles. The van der Waals surface area contributed by atoms with Crippen LogP contribution in [0.25, 0.3) is 44.5 Å². The van der Waals surface area contributed by atoms with Gasteiger partial charge in [0.05, 0.1) is 49.9 Å². The number of rotatable bonds is 13. The molecule has 1 aliphatic rings. The molecule has 56 heavy (non-hydrogen) atoms. The number of carbonyl (C=O) groups is 4. The molecule has 2 atom stereocenters. The third-order valence-electron chi connectivity index (χ3n) is 9.42. The first kappa shape index (κ1) is 41.2. The van der Waals surface area contributed by atoms with Crippen LogP contribution >= 0.6 is 0 Å². The number of hydrogen-bond donors (Lipinski definition) is 5. The molecule has 5 aromatic rings. The fourth-order valence-corrected chi connectivity index (χ4v) is 6.56. The largest absolute Gasteiger partial charge is 0.453 e. The van der Waals surface area contributed by atoms with Gasteiger partial charge in [-0.1, -0.05) is 58.4 Å². The Morgan fingerprint density at radius 3 is 2.32 bits per heavy atom. The lowest BCUT2D eigenvalue weighted by atomic mass is 10.0. The van der Waals surface area contributed by atoms with Gasteiger partial charge in [-0.05, 0) is 66.6 Å². The number of ether oxygens (including phenoxy) is 2. The van der Waals surface area contributed by atoms with Gasteiger partial charge in [0.15, 0.2) is 5.65 Å². The molecule has 298 valence electrons. The first-order valence-electron chi connectivity index (χ1n) is 19.2. The zero-order valence-electron chi connectivity index (χ0n) is 33.0. The highest BCUT2D eigenvalue weighted by atomic mass is 16.5. The van der Waals surface area contributed by atoms with Gasteiger partial charge in [0.25, 0.3) is 0 Å². The van der Waals surface area contributed by atoms with E-state index in [-0.39, 0.29) is 30.3 Å². The van der Waals surface area contributed by atoms with Crippen LogP contribution in [0.3, 0.4) is 0 Å². The summed E-state index contributed by atoms with van der Waals surface area (Å²) in [6, 6.07) is 15.5. The minimum absolute atomic E-state index is 0.115. The molecule has 0 spiro atoms. The average molecular weight is 768 g/mol. The topological polar surface area (TPSA) is 196 Å². The molecule has 5 N–H and O–H groups in total. The second-order valence-electron chi connectivity index (χ2n) is 14.1. The maximum Gasteiger partial charge on any atom is 0.407 e. The number of fused-ring (bicyclic) bond motifs is 2. The average Bonchev–Trinajstić information content (AvgIpc) is 3.98. The Hall–Kier alpha value is -5.99. The van der Waals surface area contributed by atoms with Gasteiger partial charge in [0, 0.05) is 30.6 Å². The standard InChI is InChI=1S/C38H45N9O6.C3H8/c1-22(2)33(45-38(51)53-4)36(49)47-17-7-8-30(47)35-44-28-15-14-27(43-34(28)46-35)25-12-10-24-19-26(13-11-23(24)18-25)29-20-40-31(42-29)9-5-6-16-39-32(48)21-41-37(50)52-3;1-3-2/h10-15,18-20,22,30,33H,5-9,16-17,21H2,1-4H3,(H,39,48)(H,40,42)(H,41,50)(H,45,51)(H,43,44,46);3H2,1-2H3. The molecule has 0 saturated carbocycles. The number of H-pyrrole nitrogens is 2. The number of imidazole rings is 2. The van der Waals surface area contributed by atoms with E-state index in [0.29, 0.717) is 24.6 Å². The number of nitrogens with one attached hydrogen (secondary N) is 5. The van der Waals surface area contributed by atoms with Crippen molar-refractivity contribution in [3.63, 3.8) is 0 Å². The number of unbranched alkanes of at least 4 members (excludes halogenated alkanes) is 1. The van der Waals surface area contributed by atoms with Crippen molar-refractivity contribution in [3.8, 4) is 22.5 Å². The van der Waals surface area contributed by atoms with Crippen molar-refractivity contribution in [1.82, 2.24) is 45.8 Å². The number of aromatic nitrogens is 5. The van der Waals surface area contributed by atoms with E-state index in [1.165, 1.54) is 20.6 Å². The number of hydrogen-bond acceptors (Lipinski definition) is 9. The Kier molecular flexibility index (Phi) is 14.4. The summed E-state index contributed by atoms with van der Waals surface area (Å²) in [7, 11) is 2.53. The van der Waals surface area contributed by atoms with Gasteiger partial charge < -0.3 is 40.3 Å². The molecule has 1 fully saturated rings. The van der Waals surface area contributed by atoms with Crippen LogP contribution in [-0.4, -0.2) is 93.7 Å². The van der Waals surface area contributed by atoms with E-state index in [1.54, 1.807) is 4.90 Å². The van der Waals surface area contributed by atoms with Crippen LogP contribution in [0.4, 0.5) is 9.59 Å². The molecule has 1 aliphatic heterocycles. The van der Waals surface area contributed by atoms with Crippen LogP contribution in [-0.2, 0) is 25.5 Å². The van der Waals surface area contributed by atoms with Gasteiger partial charge in [0.2, 0.25) is 11.8 Å². The van der Waals surface area contributed by atoms with E-state index in [0.717, 1.165) is 76.7 Å². The lowest BCUT2D eigenvalue weighted by Crippen LogP contribution is -2.51. The lowest BCUT2D eigenvalue weighted by molar-refractivity contribution is -0.135. The number of aromatic amines is 2. The summed E-state index contributed by atoms with van der Waals surface area (Å²) < 4.78 is 9.21. The Morgan fingerprint density at radius 2 is 1.61 bits per heavy atom. The maximum absolute atomic E-state index is 13.6. The monoisotopic (exact) mass is 767 g/mol. The minimum atomic E-state index is -0.701. The van der Waals surface area contributed by atoms with E-state index in [2.05, 4.69) is 79.8 Å². The van der Waals surface area contributed by atoms with Gasteiger partial charge in [0.1, 0.15) is 17.7 Å². The van der Waals surface area contributed by atoms with Gasteiger partial charge in [-0.3, -0.25) is 9.59 Å². The SMILES string of the molecule is CCC.COC(=O)NCC(=O)NCCCCc1ncc(-c2ccc3cc(-c4ccc5[nH]c(C6CCCN6C(=O)C(NC(=O)OC)C(C)C)nc5n4)ccc3c2)[nH]1. The highest BCUT2D eigenvalue weighted by molar-refractivity contribution is 5.91. The second-order valence-corrected chi connectivity index (χ2v) is 14.1. The van der Waals surface area contributed by atoms with E-state index < -0.39 is 18.2 Å². The Morgan fingerprint density at radius 1 is 0.893 bits per heavy atom. The first-order chi connectivity index (χ1) is 27.0. The van der Waals surface area contributed by atoms with E-state index in [4.69, 9.17) is 14.7 Å². The van der Waals surface area contributed by atoms with Crippen molar-refractivity contribution >= 4 is 45.9 Å².